The van der Waals surface area contributed by atoms with Gasteiger partial charge in [-0.3, -0.25) is 9.59 Å². The van der Waals surface area contributed by atoms with E-state index in [1.165, 1.54) is 39.9 Å². The SMILES string of the molecule is C.CC(C)(C)OC(=O)N1CCCC(=O)CC1.COC(=O)C1(OC)CCNCC1.COC1(C(=O)NC2(C)CCC2)CCN(C2CCCNCC2)CC1.COC1(C(=O)O)CCN(C2CCCN(C(=O)OC(C)(C)C)CC2)CC1. The lowest BCUT2D eigenvalue weighted by atomic mass is 9.77. The molecule has 440 valence electrons. The number of piperidine rings is 3. The van der Waals surface area contributed by atoms with Crippen LogP contribution in [0.1, 0.15) is 171 Å². The number of rotatable bonds is 9. The topological polar surface area (TPSA) is 227 Å². The van der Waals surface area contributed by atoms with Gasteiger partial charge in [-0.2, -0.15) is 0 Å². The number of amides is 3. The van der Waals surface area contributed by atoms with Crippen LogP contribution in [-0.2, 0) is 47.6 Å². The Labute approximate surface area is 456 Å². The molecule has 0 radical (unpaired) electrons. The maximum atomic E-state index is 12.8. The first-order valence-electron chi connectivity index (χ1n) is 28.0. The molecule has 0 spiro atoms. The summed E-state index contributed by atoms with van der Waals surface area (Å²) in [5, 5.41) is 19.3. The second-order valence-electron chi connectivity index (χ2n) is 23.8. The average molecular weight is 1080 g/mol. The minimum Gasteiger partial charge on any atom is -0.479 e. The van der Waals surface area contributed by atoms with Gasteiger partial charge in [-0.05, 0) is 177 Å². The summed E-state index contributed by atoms with van der Waals surface area (Å²) in [6.45, 7) is 23.1. The minimum atomic E-state index is -1.04. The van der Waals surface area contributed by atoms with Gasteiger partial charge in [-0.1, -0.05) is 7.43 Å². The highest BCUT2D eigenvalue weighted by Crippen LogP contribution is 2.35. The van der Waals surface area contributed by atoms with Gasteiger partial charge in [0, 0.05) is 104 Å². The third-order valence-electron chi connectivity index (χ3n) is 16.2. The van der Waals surface area contributed by atoms with Crippen molar-refractivity contribution in [2.24, 2.45) is 0 Å². The molecular weight excluding hydrogens is 979 g/mol. The lowest BCUT2D eigenvalue weighted by molar-refractivity contribution is -0.169. The van der Waals surface area contributed by atoms with Crippen LogP contribution in [0.25, 0.3) is 0 Å². The number of Topliss-reactive ketones (excluding diaryl/α,β-unsaturated/α-hetero) is 1. The standard InChI is InChI=1S/C18H33N3O2.C18H32N2O5.C11H19NO3.C8H15NO3.CH4/c1-17(7-4-8-17)20-16(22)18(23-2)9-13-21(14-10-18)15-5-3-11-19-12-6-15;1-17(2,3)25-16(23)20-10-5-6-14(7-11-20)19-12-8-18(24-4,9-13-19)15(21)22;1-11(2,3)15-10(14)12-7-4-5-9(13)6-8-12;1-11-7(10)8(12-2)3-5-9-6-4-8;/h15,19H,3-14H2,1-2H3,(H,20,22);14H,5-13H2,1-4H3,(H,21,22);4-8H2,1-3H3;9H,3-6H2,1-2H3;1H4. The molecule has 1 saturated carbocycles. The Balaban J connectivity index is 0.000000276. The van der Waals surface area contributed by atoms with E-state index in [0.717, 1.165) is 110 Å². The van der Waals surface area contributed by atoms with Crippen molar-refractivity contribution >= 4 is 35.8 Å². The number of methoxy groups -OCH3 is 4. The summed E-state index contributed by atoms with van der Waals surface area (Å²) in [7, 11) is 6.13. The van der Waals surface area contributed by atoms with Crippen LogP contribution < -0.4 is 16.0 Å². The zero-order chi connectivity index (χ0) is 55.5. The number of hydrogen-bond donors (Lipinski definition) is 4. The molecule has 7 aliphatic rings. The monoisotopic (exact) mass is 1080 g/mol. The number of esters is 1. The summed E-state index contributed by atoms with van der Waals surface area (Å²) < 4.78 is 31.7. The Morgan fingerprint density at radius 3 is 1.53 bits per heavy atom. The number of nitrogens with one attached hydrogen (secondary N) is 3. The summed E-state index contributed by atoms with van der Waals surface area (Å²) >= 11 is 0. The van der Waals surface area contributed by atoms with Gasteiger partial charge in [0.25, 0.3) is 5.91 Å². The van der Waals surface area contributed by atoms with Crippen LogP contribution >= 0.6 is 0 Å². The highest BCUT2D eigenvalue weighted by atomic mass is 16.6. The Kier molecular flexibility index (Phi) is 26.9. The van der Waals surface area contributed by atoms with Crippen molar-refractivity contribution in [3.8, 4) is 0 Å². The lowest BCUT2D eigenvalue weighted by Crippen LogP contribution is -2.62. The van der Waals surface area contributed by atoms with Gasteiger partial charge >= 0.3 is 24.1 Å². The first-order valence-corrected chi connectivity index (χ1v) is 28.0. The van der Waals surface area contributed by atoms with Gasteiger partial charge in [-0.25, -0.2) is 19.2 Å². The first-order chi connectivity index (χ1) is 35.4. The van der Waals surface area contributed by atoms with Gasteiger partial charge in [0.1, 0.15) is 22.6 Å². The molecule has 0 aromatic heterocycles. The summed E-state index contributed by atoms with van der Waals surface area (Å²) in [4.78, 5) is 79.1. The number of ketones is 1. The van der Waals surface area contributed by atoms with Crippen LogP contribution in [0, 0.1) is 0 Å². The predicted molar refractivity (Wildman–Crippen MR) is 292 cm³/mol. The second-order valence-corrected chi connectivity index (χ2v) is 23.8. The van der Waals surface area contributed by atoms with Crippen molar-refractivity contribution in [2.75, 3.05) is 107 Å². The number of carbonyl (C=O) groups excluding carboxylic acids is 5. The Morgan fingerprint density at radius 2 is 1.04 bits per heavy atom. The molecule has 20 nitrogen and oxygen atoms in total. The number of carbonyl (C=O) groups is 6. The molecular formula is C56H103N7O13. The third kappa shape index (κ3) is 20.2. The fourth-order valence-electron chi connectivity index (χ4n) is 11.0. The maximum absolute atomic E-state index is 12.8. The number of likely N-dealkylation sites (tertiary alicyclic amines) is 4. The van der Waals surface area contributed by atoms with Crippen molar-refractivity contribution in [3.63, 3.8) is 0 Å². The van der Waals surface area contributed by atoms with E-state index in [1.807, 2.05) is 41.5 Å². The largest absolute Gasteiger partial charge is 0.479 e. The molecule has 1 aliphatic carbocycles. The second kappa shape index (κ2) is 30.6. The van der Waals surface area contributed by atoms with E-state index in [-0.39, 0.29) is 42.8 Å². The molecule has 6 aliphatic heterocycles. The fourth-order valence-corrected chi connectivity index (χ4v) is 11.0. The molecule has 76 heavy (non-hydrogen) atoms. The molecule has 2 atom stereocenters. The Bertz CT molecular complexity index is 1810. The number of carboxylic acid groups (broad SMARTS) is 1. The van der Waals surface area contributed by atoms with E-state index in [4.69, 9.17) is 28.4 Å². The number of aliphatic carboxylic acids is 1. The summed E-state index contributed by atoms with van der Waals surface area (Å²) in [5.74, 6) is -0.774. The van der Waals surface area contributed by atoms with Crippen LogP contribution in [0.15, 0.2) is 0 Å². The van der Waals surface area contributed by atoms with E-state index in [2.05, 4.69) is 32.7 Å². The molecule has 0 aromatic rings. The molecule has 20 heteroatoms. The molecule has 6 heterocycles. The predicted octanol–water partition coefficient (Wildman–Crippen LogP) is 6.55. The van der Waals surface area contributed by atoms with E-state index < -0.39 is 34.0 Å². The van der Waals surface area contributed by atoms with Crippen LogP contribution in [0.5, 0.6) is 0 Å². The third-order valence-corrected chi connectivity index (χ3v) is 16.2. The molecule has 7 rings (SSSR count). The number of carboxylic acids is 1. The molecule has 0 aromatic carbocycles. The molecule has 0 bridgehead atoms. The zero-order valence-corrected chi connectivity index (χ0v) is 48.0. The zero-order valence-electron chi connectivity index (χ0n) is 48.0. The van der Waals surface area contributed by atoms with Crippen molar-refractivity contribution in [3.05, 3.63) is 0 Å². The Hall–Kier alpha value is -3.66. The van der Waals surface area contributed by atoms with Crippen LogP contribution in [-0.4, -0.2) is 213 Å². The quantitative estimate of drug-likeness (QED) is 0.142. The van der Waals surface area contributed by atoms with Crippen molar-refractivity contribution in [2.45, 2.75) is 217 Å². The van der Waals surface area contributed by atoms with E-state index in [1.54, 1.807) is 24.0 Å². The molecule has 2 unspecified atom stereocenters. The first kappa shape index (κ1) is 66.6. The minimum absolute atomic E-state index is 0. The van der Waals surface area contributed by atoms with Crippen molar-refractivity contribution < 1.29 is 62.3 Å². The highest BCUT2D eigenvalue weighted by molar-refractivity contribution is 5.86. The number of hydrogen-bond acceptors (Lipinski definition) is 16. The smallest absolute Gasteiger partial charge is 0.410 e. The van der Waals surface area contributed by atoms with E-state index >= 15 is 0 Å². The summed E-state index contributed by atoms with van der Waals surface area (Å²) in [6, 6.07) is 1.06. The van der Waals surface area contributed by atoms with Crippen molar-refractivity contribution in [1.29, 1.82) is 0 Å². The molecule has 3 amide bonds. The number of ether oxygens (including phenoxy) is 6. The lowest BCUT2D eigenvalue weighted by Gasteiger charge is -2.46. The van der Waals surface area contributed by atoms with E-state index in [9.17, 15) is 33.9 Å². The maximum Gasteiger partial charge on any atom is 0.410 e. The molecule has 4 N–H and O–H groups in total. The number of nitrogens with zero attached hydrogens (tertiary/aromatic N) is 4. The molecule has 7 fully saturated rings. The van der Waals surface area contributed by atoms with Gasteiger partial charge in [0.2, 0.25) is 0 Å². The summed E-state index contributed by atoms with van der Waals surface area (Å²) in [6.07, 6.45) is 15.3. The summed E-state index contributed by atoms with van der Waals surface area (Å²) in [5.41, 5.74) is -3.28. The van der Waals surface area contributed by atoms with E-state index in [0.29, 0.717) is 70.2 Å². The molecule has 6 saturated heterocycles. The van der Waals surface area contributed by atoms with Crippen LogP contribution in [0.3, 0.4) is 0 Å². The van der Waals surface area contributed by atoms with Crippen molar-refractivity contribution in [1.82, 2.24) is 35.6 Å². The Morgan fingerprint density at radius 1 is 0.553 bits per heavy atom. The van der Waals surface area contributed by atoms with Gasteiger partial charge < -0.3 is 69.1 Å². The van der Waals surface area contributed by atoms with Gasteiger partial charge in [0.15, 0.2) is 11.2 Å². The fraction of sp³-hybridized carbons (Fsp3) is 0.893. The van der Waals surface area contributed by atoms with Crippen LogP contribution in [0.4, 0.5) is 9.59 Å². The van der Waals surface area contributed by atoms with Gasteiger partial charge in [-0.15, -0.1) is 0 Å². The van der Waals surface area contributed by atoms with Gasteiger partial charge in [0.05, 0.1) is 7.11 Å². The van der Waals surface area contributed by atoms with Crippen LogP contribution in [0.2, 0.25) is 0 Å². The normalized spacial score (nSPS) is 24.8. The highest BCUT2D eigenvalue weighted by Gasteiger charge is 2.47. The average Bonchev–Trinajstić information content (AvgIpc) is 3.90.